The van der Waals surface area contributed by atoms with Gasteiger partial charge in [-0.2, -0.15) is 0 Å². The van der Waals surface area contributed by atoms with Crippen molar-refractivity contribution in [1.82, 2.24) is 0 Å². The van der Waals surface area contributed by atoms with E-state index in [1.165, 1.54) is 44.9 Å². The standard InChI is InChI=1S/C12H25NO.C6H15NO/c1-2-3-4-5-6-7-8-9-10-11-12(13)14;1-4-7(8,5-2)6-3/h2-11H2,1H3,(H2,13,14);4-6H2,1-3H3. The molecule has 1 amide bonds. The highest BCUT2D eigenvalue weighted by molar-refractivity contribution is 5.73. The quantitative estimate of drug-likeness (QED) is 0.302. The minimum absolute atomic E-state index is 0.0417. The summed E-state index contributed by atoms with van der Waals surface area (Å²) < 4.78 is -0.0417. The smallest absolute Gasteiger partial charge is 0.217 e. The van der Waals surface area contributed by atoms with Gasteiger partial charge in [-0.25, -0.2) is 0 Å². The summed E-state index contributed by atoms with van der Waals surface area (Å²) in [5.41, 5.74) is 5.05. The Kier molecular flexibility index (Phi) is 18.0. The van der Waals surface area contributed by atoms with E-state index < -0.39 is 0 Å². The topological polar surface area (TPSA) is 66.2 Å². The van der Waals surface area contributed by atoms with Gasteiger partial charge in [-0.15, -0.1) is 0 Å². The predicted octanol–water partition coefficient (Wildman–Crippen LogP) is 4.75. The highest BCUT2D eigenvalue weighted by atomic mass is 16.5. The molecule has 0 fully saturated rings. The van der Waals surface area contributed by atoms with Crippen LogP contribution in [-0.2, 0) is 4.79 Å². The minimum Gasteiger partial charge on any atom is -0.633 e. The summed E-state index contributed by atoms with van der Waals surface area (Å²) in [6, 6.07) is 0. The van der Waals surface area contributed by atoms with Crippen LogP contribution in [0.25, 0.3) is 0 Å². The fourth-order valence-electron chi connectivity index (χ4n) is 2.28. The molecule has 0 bridgehead atoms. The van der Waals surface area contributed by atoms with Crippen LogP contribution in [0.2, 0.25) is 0 Å². The van der Waals surface area contributed by atoms with Gasteiger partial charge in [0.05, 0.1) is 19.6 Å². The molecule has 0 aromatic rings. The van der Waals surface area contributed by atoms with Crippen molar-refractivity contribution in [2.24, 2.45) is 5.73 Å². The summed E-state index contributed by atoms with van der Waals surface area (Å²) in [5.74, 6) is -0.159. The van der Waals surface area contributed by atoms with Crippen molar-refractivity contribution in [3.63, 3.8) is 0 Å². The van der Waals surface area contributed by atoms with Crippen molar-refractivity contribution < 1.29 is 9.44 Å². The monoisotopic (exact) mass is 316 g/mol. The molecule has 0 saturated carbocycles. The van der Waals surface area contributed by atoms with Gasteiger partial charge in [-0.3, -0.25) is 4.79 Å². The average Bonchev–Trinajstić information content (AvgIpc) is 2.53. The molecule has 0 aromatic carbocycles. The molecular weight excluding hydrogens is 276 g/mol. The molecule has 0 aromatic heterocycles. The first-order valence-corrected chi connectivity index (χ1v) is 9.31. The Morgan fingerprint density at radius 3 is 1.41 bits per heavy atom. The molecule has 2 N–H and O–H groups in total. The third kappa shape index (κ3) is 17.4. The van der Waals surface area contributed by atoms with Crippen LogP contribution in [0.3, 0.4) is 0 Å². The van der Waals surface area contributed by atoms with Crippen LogP contribution in [-0.4, -0.2) is 30.2 Å². The maximum atomic E-state index is 11.1. The van der Waals surface area contributed by atoms with Crippen LogP contribution in [0, 0.1) is 5.21 Å². The number of hydrogen-bond acceptors (Lipinski definition) is 2. The van der Waals surface area contributed by atoms with Gasteiger partial charge in [0.25, 0.3) is 0 Å². The zero-order chi connectivity index (χ0) is 17.3. The molecule has 0 unspecified atom stereocenters. The van der Waals surface area contributed by atoms with E-state index in [-0.39, 0.29) is 10.6 Å². The third-order valence-corrected chi connectivity index (χ3v) is 4.26. The Labute approximate surface area is 138 Å². The van der Waals surface area contributed by atoms with Crippen molar-refractivity contribution in [3.05, 3.63) is 5.21 Å². The van der Waals surface area contributed by atoms with Crippen LogP contribution in [0.15, 0.2) is 0 Å². The first-order chi connectivity index (χ1) is 10.5. The number of primary amides is 1. The van der Waals surface area contributed by atoms with Crippen molar-refractivity contribution in [2.75, 3.05) is 19.6 Å². The van der Waals surface area contributed by atoms with Crippen LogP contribution >= 0.6 is 0 Å². The van der Waals surface area contributed by atoms with Crippen molar-refractivity contribution >= 4 is 5.91 Å². The van der Waals surface area contributed by atoms with Gasteiger partial charge in [-0.05, 0) is 27.2 Å². The Hall–Kier alpha value is -0.610. The van der Waals surface area contributed by atoms with Gasteiger partial charge in [0, 0.05) is 6.42 Å². The first kappa shape index (κ1) is 23.7. The number of rotatable bonds is 13. The van der Waals surface area contributed by atoms with E-state index in [2.05, 4.69) is 6.92 Å². The molecule has 0 rings (SSSR count). The first-order valence-electron chi connectivity index (χ1n) is 9.31. The summed E-state index contributed by atoms with van der Waals surface area (Å²) >= 11 is 0. The lowest BCUT2D eigenvalue weighted by Gasteiger charge is -2.39. The Bertz CT molecular complexity index is 233. The van der Waals surface area contributed by atoms with E-state index in [0.717, 1.165) is 12.8 Å². The Morgan fingerprint density at radius 1 is 0.773 bits per heavy atom. The molecule has 0 aliphatic carbocycles. The zero-order valence-corrected chi connectivity index (χ0v) is 15.5. The Morgan fingerprint density at radius 2 is 1.14 bits per heavy atom. The van der Waals surface area contributed by atoms with Crippen molar-refractivity contribution in [3.8, 4) is 0 Å². The summed E-state index contributed by atoms with van der Waals surface area (Å²) in [5, 5.41) is 11.1. The molecular formula is C18H40N2O2. The van der Waals surface area contributed by atoms with Crippen molar-refractivity contribution in [1.29, 1.82) is 0 Å². The van der Waals surface area contributed by atoms with Crippen LogP contribution in [0.5, 0.6) is 0 Å². The molecule has 22 heavy (non-hydrogen) atoms. The van der Waals surface area contributed by atoms with E-state index >= 15 is 0 Å². The van der Waals surface area contributed by atoms with Gasteiger partial charge in [0.1, 0.15) is 0 Å². The number of quaternary nitrogens is 1. The van der Waals surface area contributed by atoms with E-state index in [1.807, 2.05) is 20.8 Å². The van der Waals surface area contributed by atoms with E-state index in [4.69, 9.17) is 5.73 Å². The lowest BCUT2D eigenvalue weighted by molar-refractivity contribution is -0.875. The molecule has 0 radical (unpaired) electrons. The van der Waals surface area contributed by atoms with Gasteiger partial charge in [0.15, 0.2) is 0 Å². The van der Waals surface area contributed by atoms with Gasteiger partial charge in [-0.1, -0.05) is 58.3 Å². The summed E-state index contributed by atoms with van der Waals surface area (Å²) in [6.07, 6.45) is 12.1. The highest BCUT2D eigenvalue weighted by Gasteiger charge is 2.04. The van der Waals surface area contributed by atoms with Crippen LogP contribution in [0.1, 0.15) is 91.9 Å². The average molecular weight is 317 g/mol. The lowest BCUT2D eigenvalue weighted by atomic mass is 10.1. The second-order valence-electron chi connectivity index (χ2n) is 6.05. The summed E-state index contributed by atoms with van der Waals surface area (Å²) in [7, 11) is 0. The van der Waals surface area contributed by atoms with Gasteiger partial charge in [0.2, 0.25) is 5.91 Å². The summed E-state index contributed by atoms with van der Waals surface area (Å²) in [4.78, 5) is 10.4. The van der Waals surface area contributed by atoms with Gasteiger partial charge >= 0.3 is 0 Å². The minimum atomic E-state index is -0.159. The molecule has 0 spiro atoms. The second-order valence-corrected chi connectivity index (χ2v) is 6.05. The summed E-state index contributed by atoms with van der Waals surface area (Å²) in [6.45, 7) is 10.1. The molecule has 0 aliphatic rings. The maximum Gasteiger partial charge on any atom is 0.217 e. The van der Waals surface area contributed by atoms with E-state index in [0.29, 0.717) is 26.1 Å². The number of carbonyl (C=O) groups is 1. The number of hydrogen-bond donors (Lipinski definition) is 1. The molecule has 4 nitrogen and oxygen atoms in total. The van der Waals surface area contributed by atoms with Gasteiger partial charge < -0.3 is 15.6 Å². The number of amides is 1. The van der Waals surface area contributed by atoms with Crippen molar-refractivity contribution in [2.45, 2.75) is 91.9 Å². The third-order valence-electron chi connectivity index (χ3n) is 4.26. The fourth-order valence-corrected chi connectivity index (χ4v) is 2.28. The molecule has 134 valence electrons. The largest absolute Gasteiger partial charge is 0.633 e. The SMILES string of the molecule is CCCCCCCCCCCC(N)=O.CC[N+]([O-])(CC)CC. The predicted molar refractivity (Wildman–Crippen MR) is 96.3 cm³/mol. The normalized spacial score (nSPS) is 11.0. The molecule has 0 atom stereocenters. The molecule has 0 saturated heterocycles. The molecule has 0 aliphatic heterocycles. The number of nitrogens with two attached hydrogens (primary N) is 1. The zero-order valence-electron chi connectivity index (χ0n) is 15.5. The number of carbonyl (C=O) groups excluding carboxylic acids is 1. The van der Waals surface area contributed by atoms with E-state index in [1.54, 1.807) is 0 Å². The highest BCUT2D eigenvalue weighted by Crippen LogP contribution is 2.10. The lowest BCUT2D eigenvalue weighted by Crippen LogP contribution is -2.41. The maximum absolute atomic E-state index is 11.1. The second kappa shape index (κ2) is 16.8. The molecule has 4 heteroatoms. The van der Waals surface area contributed by atoms with Crippen LogP contribution < -0.4 is 5.73 Å². The fraction of sp³-hybridized carbons (Fsp3) is 0.944. The Balaban J connectivity index is 0. The number of nitrogens with zero attached hydrogens (tertiary/aromatic N) is 1. The number of unbranched alkanes of at least 4 members (excludes halogenated alkanes) is 8. The number of hydroxylamine groups is 3. The van der Waals surface area contributed by atoms with E-state index in [9.17, 15) is 10.0 Å². The van der Waals surface area contributed by atoms with Crippen LogP contribution in [0.4, 0.5) is 0 Å². The molecule has 0 heterocycles.